The molecule has 0 aliphatic carbocycles. The van der Waals surface area contributed by atoms with Gasteiger partial charge in [-0.25, -0.2) is 4.39 Å². The van der Waals surface area contributed by atoms with Crippen molar-refractivity contribution in [1.82, 2.24) is 14.7 Å². The lowest BCUT2D eigenvalue weighted by atomic mass is 10.2. The van der Waals surface area contributed by atoms with E-state index in [0.29, 0.717) is 5.69 Å². The maximum atomic E-state index is 13.1. The molecule has 25 heavy (non-hydrogen) atoms. The highest BCUT2D eigenvalue weighted by Crippen LogP contribution is 2.14. The Morgan fingerprint density at radius 3 is 2.68 bits per heavy atom. The standard InChI is InChI=1S/C18H21FN4O2/c1-12-16(13(2)23(4)21-12)8-9-18(25)22(3)11-17(24)20-15-7-5-6-14(19)10-15/h5-10H,11H2,1-4H3,(H,20,24)/b9-8+. The van der Waals surface area contributed by atoms with Crippen LogP contribution < -0.4 is 5.32 Å². The topological polar surface area (TPSA) is 67.2 Å². The Hall–Kier alpha value is -2.96. The highest BCUT2D eigenvalue weighted by Gasteiger charge is 2.12. The molecule has 0 radical (unpaired) electrons. The summed E-state index contributed by atoms with van der Waals surface area (Å²) in [4.78, 5) is 25.4. The van der Waals surface area contributed by atoms with Gasteiger partial charge in [0.25, 0.3) is 0 Å². The van der Waals surface area contributed by atoms with E-state index in [4.69, 9.17) is 0 Å². The molecule has 7 heteroatoms. The number of likely N-dealkylation sites (N-methyl/N-ethyl adjacent to an activating group) is 1. The Bertz CT molecular complexity index is 826. The monoisotopic (exact) mass is 344 g/mol. The van der Waals surface area contributed by atoms with Crippen LogP contribution in [0.3, 0.4) is 0 Å². The molecule has 0 aliphatic heterocycles. The molecular formula is C18H21FN4O2. The number of carbonyl (C=O) groups excluding carboxylic acids is 2. The lowest BCUT2D eigenvalue weighted by Gasteiger charge is -2.14. The third-order valence-corrected chi connectivity index (χ3v) is 3.82. The number of carbonyl (C=O) groups is 2. The van der Waals surface area contributed by atoms with Gasteiger partial charge in [-0.2, -0.15) is 5.10 Å². The van der Waals surface area contributed by atoms with Crippen LogP contribution in [0.5, 0.6) is 0 Å². The van der Waals surface area contributed by atoms with E-state index < -0.39 is 11.7 Å². The summed E-state index contributed by atoms with van der Waals surface area (Å²) < 4.78 is 14.9. The average Bonchev–Trinajstić information content (AvgIpc) is 2.77. The number of anilines is 1. The quantitative estimate of drug-likeness (QED) is 0.846. The third-order valence-electron chi connectivity index (χ3n) is 3.82. The van der Waals surface area contributed by atoms with Crippen molar-refractivity contribution in [2.45, 2.75) is 13.8 Å². The van der Waals surface area contributed by atoms with E-state index in [1.165, 1.54) is 36.2 Å². The minimum Gasteiger partial charge on any atom is -0.333 e. The molecule has 1 N–H and O–H groups in total. The van der Waals surface area contributed by atoms with Gasteiger partial charge in [-0.15, -0.1) is 0 Å². The summed E-state index contributed by atoms with van der Waals surface area (Å²) in [5.41, 5.74) is 3.01. The number of nitrogens with one attached hydrogen (secondary N) is 1. The zero-order valence-corrected chi connectivity index (χ0v) is 14.7. The SMILES string of the molecule is Cc1nn(C)c(C)c1/C=C/C(=O)N(C)CC(=O)Nc1cccc(F)c1. The fourth-order valence-electron chi connectivity index (χ4n) is 2.37. The largest absolute Gasteiger partial charge is 0.333 e. The molecule has 0 aliphatic rings. The van der Waals surface area contributed by atoms with Crippen LogP contribution in [0.2, 0.25) is 0 Å². The van der Waals surface area contributed by atoms with Crippen LogP contribution in [0.15, 0.2) is 30.3 Å². The third kappa shape index (κ3) is 4.76. The second-order valence-electron chi connectivity index (χ2n) is 5.79. The molecule has 0 unspecified atom stereocenters. The zero-order valence-electron chi connectivity index (χ0n) is 14.7. The summed E-state index contributed by atoms with van der Waals surface area (Å²) >= 11 is 0. The van der Waals surface area contributed by atoms with Gasteiger partial charge in [0.2, 0.25) is 11.8 Å². The minimum atomic E-state index is -0.438. The number of rotatable bonds is 5. The molecule has 0 spiro atoms. The predicted octanol–water partition coefficient (Wildman–Crippen LogP) is 2.29. The van der Waals surface area contributed by atoms with E-state index in [2.05, 4.69) is 10.4 Å². The molecular weight excluding hydrogens is 323 g/mol. The summed E-state index contributed by atoms with van der Waals surface area (Å²) in [6, 6.07) is 5.59. The van der Waals surface area contributed by atoms with Crippen LogP contribution in [-0.4, -0.2) is 40.1 Å². The molecule has 1 aromatic heterocycles. The van der Waals surface area contributed by atoms with Gasteiger partial charge in [0.1, 0.15) is 5.82 Å². The molecule has 2 aromatic rings. The van der Waals surface area contributed by atoms with Gasteiger partial charge in [0.15, 0.2) is 0 Å². The first-order valence-electron chi connectivity index (χ1n) is 7.76. The Labute approximate surface area is 145 Å². The molecule has 132 valence electrons. The smallest absolute Gasteiger partial charge is 0.246 e. The van der Waals surface area contributed by atoms with Crippen molar-refractivity contribution in [3.8, 4) is 0 Å². The molecule has 0 atom stereocenters. The van der Waals surface area contributed by atoms with E-state index in [9.17, 15) is 14.0 Å². The molecule has 2 amide bonds. The van der Waals surface area contributed by atoms with E-state index in [1.54, 1.807) is 16.8 Å². The highest BCUT2D eigenvalue weighted by atomic mass is 19.1. The summed E-state index contributed by atoms with van der Waals surface area (Å²) in [7, 11) is 3.37. The van der Waals surface area contributed by atoms with Gasteiger partial charge < -0.3 is 10.2 Å². The van der Waals surface area contributed by atoms with E-state index in [1.807, 2.05) is 20.9 Å². The van der Waals surface area contributed by atoms with Crippen molar-refractivity contribution in [2.24, 2.45) is 7.05 Å². The second kappa shape index (κ2) is 7.74. The number of amides is 2. The number of nitrogens with zero attached hydrogens (tertiary/aromatic N) is 3. The molecule has 0 fully saturated rings. The zero-order chi connectivity index (χ0) is 18.6. The van der Waals surface area contributed by atoms with Crippen LogP contribution in [0, 0.1) is 19.7 Å². The van der Waals surface area contributed by atoms with Crippen molar-refractivity contribution >= 4 is 23.6 Å². The molecule has 0 bridgehead atoms. The molecule has 0 saturated carbocycles. The van der Waals surface area contributed by atoms with Crippen LogP contribution in [0.25, 0.3) is 6.08 Å². The number of aryl methyl sites for hydroxylation is 2. The summed E-state index contributed by atoms with van der Waals surface area (Å²) in [6.07, 6.45) is 3.10. The van der Waals surface area contributed by atoms with E-state index in [0.717, 1.165) is 17.0 Å². The predicted molar refractivity (Wildman–Crippen MR) is 94.4 cm³/mol. The molecule has 1 heterocycles. The van der Waals surface area contributed by atoms with Crippen molar-refractivity contribution in [2.75, 3.05) is 18.9 Å². The minimum absolute atomic E-state index is 0.134. The highest BCUT2D eigenvalue weighted by molar-refractivity contribution is 5.98. The summed E-state index contributed by atoms with van der Waals surface area (Å²) in [5, 5.41) is 6.84. The van der Waals surface area contributed by atoms with E-state index >= 15 is 0 Å². The fraction of sp³-hybridized carbons (Fsp3) is 0.278. The van der Waals surface area contributed by atoms with Crippen molar-refractivity contribution in [3.05, 3.63) is 53.1 Å². The molecule has 2 rings (SSSR count). The van der Waals surface area contributed by atoms with E-state index in [-0.39, 0.29) is 12.5 Å². The number of halogens is 1. The van der Waals surface area contributed by atoms with Gasteiger partial charge >= 0.3 is 0 Å². The Morgan fingerprint density at radius 2 is 2.08 bits per heavy atom. The second-order valence-corrected chi connectivity index (χ2v) is 5.79. The average molecular weight is 344 g/mol. The van der Waals surface area contributed by atoms with Gasteiger partial charge in [0, 0.05) is 37.1 Å². The normalized spacial score (nSPS) is 10.9. The Kier molecular flexibility index (Phi) is 5.69. The van der Waals surface area contributed by atoms with Crippen LogP contribution in [0.4, 0.5) is 10.1 Å². The lowest BCUT2D eigenvalue weighted by molar-refractivity contribution is -0.129. The van der Waals surface area contributed by atoms with Crippen molar-refractivity contribution < 1.29 is 14.0 Å². The van der Waals surface area contributed by atoms with Crippen LogP contribution >= 0.6 is 0 Å². The van der Waals surface area contributed by atoms with Crippen molar-refractivity contribution in [3.63, 3.8) is 0 Å². The number of benzene rings is 1. The van der Waals surface area contributed by atoms with Crippen LogP contribution in [0.1, 0.15) is 17.0 Å². The maximum Gasteiger partial charge on any atom is 0.246 e. The molecule has 1 aromatic carbocycles. The lowest BCUT2D eigenvalue weighted by Crippen LogP contribution is -2.33. The van der Waals surface area contributed by atoms with Gasteiger partial charge in [-0.1, -0.05) is 6.07 Å². The summed E-state index contributed by atoms with van der Waals surface area (Å²) in [5.74, 6) is -1.15. The first-order valence-corrected chi connectivity index (χ1v) is 7.76. The number of hydrogen-bond acceptors (Lipinski definition) is 3. The Morgan fingerprint density at radius 1 is 1.36 bits per heavy atom. The first kappa shape index (κ1) is 18.4. The Balaban J connectivity index is 1.95. The van der Waals surface area contributed by atoms with Gasteiger partial charge in [-0.3, -0.25) is 14.3 Å². The van der Waals surface area contributed by atoms with Gasteiger partial charge in [0.05, 0.1) is 12.2 Å². The summed E-state index contributed by atoms with van der Waals surface area (Å²) in [6.45, 7) is 3.65. The van der Waals surface area contributed by atoms with Crippen LogP contribution in [-0.2, 0) is 16.6 Å². The maximum absolute atomic E-state index is 13.1. The fourth-order valence-corrected chi connectivity index (χ4v) is 2.37. The molecule has 6 nitrogen and oxygen atoms in total. The van der Waals surface area contributed by atoms with Gasteiger partial charge in [-0.05, 0) is 38.1 Å². The number of hydrogen-bond donors (Lipinski definition) is 1. The first-order chi connectivity index (χ1) is 11.8. The van der Waals surface area contributed by atoms with Crippen molar-refractivity contribution in [1.29, 1.82) is 0 Å². The molecule has 0 saturated heterocycles. The number of aromatic nitrogens is 2.